The summed E-state index contributed by atoms with van der Waals surface area (Å²) in [4.78, 5) is 11.7. The Labute approximate surface area is 99.4 Å². The number of nitrogens with one attached hydrogen (secondary N) is 1. The lowest BCUT2D eigenvalue weighted by Gasteiger charge is -2.17. The van der Waals surface area contributed by atoms with E-state index in [1.165, 1.54) is 0 Å². The molecule has 0 fully saturated rings. The fourth-order valence-corrected chi connectivity index (χ4v) is 1.09. The molecule has 6 heteroatoms. The predicted molar refractivity (Wildman–Crippen MR) is 63.0 cm³/mol. The van der Waals surface area contributed by atoms with E-state index in [4.69, 9.17) is 17.3 Å². The number of anilines is 1. The molecule has 0 aromatic carbocycles. The lowest BCUT2D eigenvalue weighted by molar-refractivity contribution is -0.123. The van der Waals surface area contributed by atoms with E-state index in [1.54, 1.807) is 6.07 Å². The second kappa shape index (κ2) is 4.76. The minimum Gasteiger partial charge on any atom is -0.326 e. The van der Waals surface area contributed by atoms with Crippen molar-refractivity contribution < 1.29 is 4.79 Å². The first-order chi connectivity index (χ1) is 7.34. The summed E-state index contributed by atoms with van der Waals surface area (Å²) in [6, 6.07) is 1.62. The Kier molecular flexibility index (Phi) is 3.83. The zero-order valence-electron chi connectivity index (χ0n) is 9.54. The summed E-state index contributed by atoms with van der Waals surface area (Å²) in [7, 11) is 0. The summed E-state index contributed by atoms with van der Waals surface area (Å²) < 4.78 is 0. The number of aromatic nitrogens is 2. The van der Waals surface area contributed by atoms with Gasteiger partial charge >= 0.3 is 0 Å². The third-order valence-electron chi connectivity index (χ3n) is 1.96. The normalized spacial score (nSPS) is 11.3. The first-order valence-electron chi connectivity index (χ1n) is 4.88. The molecule has 0 unspecified atom stereocenters. The van der Waals surface area contributed by atoms with Gasteiger partial charge in [-0.3, -0.25) is 4.79 Å². The van der Waals surface area contributed by atoms with Gasteiger partial charge in [-0.05, 0) is 6.07 Å². The second-order valence-corrected chi connectivity index (χ2v) is 4.81. The van der Waals surface area contributed by atoms with E-state index in [1.807, 2.05) is 20.8 Å². The first-order valence-corrected chi connectivity index (χ1v) is 5.26. The monoisotopic (exact) mass is 242 g/mol. The molecule has 88 valence electrons. The van der Waals surface area contributed by atoms with Crippen LogP contribution in [0.25, 0.3) is 0 Å². The van der Waals surface area contributed by atoms with Gasteiger partial charge in [0.2, 0.25) is 5.91 Å². The third-order valence-corrected chi connectivity index (χ3v) is 2.28. The Morgan fingerprint density at radius 3 is 2.62 bits per heavy atom. The maximum Gasteiger partial charge on any atom is 0.230 e. The Hall–Kier alpha value is -1.20. The summed E-state index contributed by atoms with van der Waals surface area (Å²) in [5.41, 5.74) is 5.64. The van der Waals surface area contributed by atoms with Crippen molar-refractivity contribution in [2.24, 2.45) is 11.1 Å². The van der Waals surface area contributed by atoms with Gasteiger partial charge in [0, 0.05) is 17.5 Å². The number of carbonyl (C=O) groups is 1. The van der Waals surface area contributed by atoms with Crippen LogP contribution in [0, 0.1) is 5.41 Å². The van der Waals surface area contributed by atoms with Crippen molar-refractivity contribution in [3.63, 3.8) is 0 Å². The van der Waals surface area contributed by atoms with Crippen LogP contribution in [-0.4, -0.2) is 16.1 Å². The minimum absolute atomic E-state index is 0.132. The molecule has 0 bridgehead atoms. The van der Waals surface area contributed by atoms with E-state index >= 15 is 0 Å². The van der Waals surface area contributed by atoms with E-state index in [0.29, 0.717) is 11.4 Å². The maximum atomic E-state index is 11.7. The summed E-state index contributed by atoms with van der Waals surface area (Å²) in [6.45, 7) is 5.70. The van der Waals surface area contributed by atoms with Crippen LogP contribution in [-0.2, 0) is 11.3 Å². The van der Waals surface area contributed by atoms with Gasteiger partial charge in [0.25, 0.3) is 0 Å². The summed E-state index contributed by atoms with van der Waals surface area (Å²) in [5, 5.41) is 10.4. The molecule has 3 N–H and O–H groups in total. The van der Waals surface area contributed by atoms with Gasteiger partial charge in [-0.2, -0.15) is 0 Å². The molecule has 0 saturated heterocycles. The SMILES string of the molecule is CC(C)(C)C(=O)Nc1cc(CN)c(Cl)nn1. The zero-order chi connectivity index (χ0) is 12.3. The van der Waals surface area contributed by atoms with Crippen LogP contribution in [0.2, 0.25) is 5.15 Å². The molecule has 0 aliphatic rings. The number of rotatable bonds is 2. The number of carbonyl (C=O) groups excluding carboxylic acids is 1. The Morgan fingerprint density at radius 1 is 1.50 bits per heavy atom. The van der Waals surface area contributed by atoms with E-state index in [0.717, 1.165) is 0 Å². The number of amides is 1. The van der Waals surface area contributed by atoms with Gasteiger partial charge in [-0.1, -0.05) is 32.4 Å². The van der Waals surface area contributed by atoms with E-state index in [9.17, 15) is 4.79 Å². The van der Waals surface area contributed by atoms with Crippen molar-refractivity contribution in [3.05, 3.63) is 16.8 Å². The van der Waals surface area contributed by atoms with Crippen molar-refractivity contribution in [2.75, 3.05) is 5.32 Å². The highest BCUT2D eigenvalue weighted by molar-refractivity contribution is 6.30. The summed E-state index contributed by atoms with van der Waals surface area (Å²) >= 11 is 5.76. The molecule has 1 rings (SSSR count). The molecular formula is C10H15ClN4O. The first kappa shape index (κ1) is 12.9. The molecule has 5 nitrogen and oxygen atoms in total. The van der Waals surface area contributed by atoms with Gasteiger partial charge in [0.1, 0.15) is 0 Å². The highest BCUT2D eigenvalue weighted by Gasteiger charge is 2.21. The molecule has 1 heterocycles. The van der Waals surface area contributed by atoms with Crippen molar-refractivity contribution in [3.8, 4) is 0 Å². The number of nitrogens with two attached hydrogens (primary N) is 1. The number of hydrogen-bond donors (Lipinski definition) is 2. The molecule has 0 aliphatic carbocycles. The predicted octanol–water partition coefficient (Wildman–Crippen LogP) is 1.57. The van der Waals surface area contributed by atoms with Crippen LogP contribution in [0.5, 0.6) is 0 Å². The smallest absolute Gasteiger partial charge is 0.230 e. The van der Waals surface area contributed by atoms with Crippen molar-refractivity contribution in [1.82, 2.24) is 10.2 Å². The molecular weight excluding hydrogens is 228 g/mol. The van der Waals surface area contributed by atoms with Crippen molar-refractivity contribution in [2.45, 2.75) is 27.3 Å². The molecule has 0 atom stereocenters. The highest BCUT2D eigenvalue weighted by Crippen LogP contribution is 2.18. The number of halogens is 1. The Bertz CT molecular complexity index is 400. The van der Waals surface area contributed by atoms with Gasteiger partial charge < -0.3 is 11.1 Å². The summed E-state index contributed by atoms with van der Waals surface area (Å²) in [6.07, 6.45) is 0. The largest absolute Gasteiger partial charge is 0.326 e. The average Bonchev–Trinajstić information content (AvgIpc) is 2.19. The fourth-order valence-electron chi connectivity index (χ4n) is 0.923. The van der Waals surface area contributed by atoms with Gasteiger partial charge in [-0.25, -0.2) is 0 Å². The molecule has 1 aromatic heterocycles. The molecule has 16 heavy (non-hydrogen) atoms. The molecule has 0 spiro atoms. The standard InChI is InChI=1S/C10H15ClN4O/c1-10(2,3)9(16)13-7-4-6(5-12)8(11)15-14-7/h4H,5,12H2,1-3H3,(H,13,14,16). The minimum atomic E-state index is -0.482. The Morgan fingerprint density at radius 2 is 2.12 bits per heavy atom. The quantitative estimate of drug-likeness (QED) is 0.825. The lowest BCUT2D eigenvalue weighted by atomic mass is 9.96. The molecule has 0 radical (unpaired) electrons. The number of nitrogens with zero attached hydrogens (tertiary/aromatic N) is 2. The van der Waals surface area contributed by atoms with Gasteiger partial charge in [0.15, 0.2) is 11.0 Å². The number of hydrogen-bond acceptors (Lipinski definition) is 4. The van der Waals surface area contributed by atoms with Crippen LogP contribution in [0.1, 0.15) is 26.3 Å². The van der Waals surface area contributed by atoms with Crippen LogP contribution >= 0.6 is 11.6 Å². The van der Waals surface area contributed by atoms with Crippen molar-refractivity contribution >= 4 is 23.3 Å². The highest BCUT2D eigenvalue weighted by atomic mass is 35.5. The second-order valence-electron chi connectivity index (χ2n) is 4.45. The molecule has 1 amide bonds. The van der Waals surface area contributed by atoms with E-state index < -0.39 is 5.41 Å². The zero-order valence-corrected chi connectivity index (χ0v) is 10.3. The van der Waals surface area contributed by atoms with Crippen LogP contribution in [0.15, 0.2) is 6.07 Å². The maximum absolute atomic E-state index is 11.7. The fraction of sp³-hybridized carbons (Fsp3) is 0.500. The van der Waals surface area contributed by atoms with E-state index in [-0.39, 0.29) is 17.6 Å². The van der Waals surface area contributed by atoms with Crippen molar-refractivity contribution in [1.29, 1.82) is 0 Å². The van der Waals surface area contributed by atoms with Crippen LogP contribution < -0.4 is 11.1 Å². The van der Waals surface area contributed by atoms with Gasteiger partial charge in [-0.15, -0.1) is 10.2 Å². The molecule has 0 aliphatic heterocycles. The third kappa shape index (κ3) is 3.15. The van der Waals surface area contributed by atoms with Gasteiger partial charge in [0.05, 0.1) is 0 Å². The summed E-state index contributed by atoms with van der Waals surface area (Å²) in [5.74, 6) is 0.233. The lowest BCUT2D eigenvalue weighted by Crippen LogP contribution is -2.28. The van der Waals surface area contributed by atoms with Crippen LogP contribution in [0.3, 0.4) is 0 Å². The Balaban J connectivity index is 2.87. The molecule has 1 aromatic rings. The van der Waals surface area contributed by atoms with Crippen LogP contribution in [0.4, 0.5) is 5.82 Å². The average molecular weight is 243 g/mol. The molecule has 0 saturated carbocycles. The topological polar surface area (TPSA) is 80.9 Å². The van der Waals surface area contributed by atoms with E-state index in [2.05, 4.69) is 15.5 Å².